The number of methoxy groups -OCH3 is 1. The Hall–Kier alpha value is -0.650. The number of carbonyl (C=O) groups is 1. The van der Waals surface area contributed by atoms with Crippen molar-refractivity contribution in [3.8, 4) is 0 Å². The van der Waals surface area contributed by atoms with Gasteiger partial charge in [0.2, 0.25) is 0 Å². The van der Waals surface area contributed by atoms with Gasteiger partial charge in [-0.3, -0.25) is 9.69 Å². The zero-order valence-electron chi connectivity index (χ0n) is 12.1. The smallest absolute Gasteiger partial charge is 0.324 e. The van der Waals surface area contributed by atoms with E-state index in [0.717, 1.165) is 32.4 Å². The molecule has 1 heterocycles. The van der Waals surface area contributed by atoms with Gasteiger partial charge in [-0.1, -0.05) is 0 Å². The maximum Gasteiger partial charge on any atom is 0.324 e. The van der Waals surface area contributed by atoms with Gasteiger partial charge < -0.3 is 14.8 Å². The van der Waals surface area contributed by atoms with Gasteiger partial charge in [0.15, 0.2) is 0 Å². The van der Waals surface area contributed by atoms with Gasteiger partial charge in [0.25, 0.3) is 0 Å². The average Bonchev–Trinajstić information content (AvgIpc) is 2.47. The minimum atomic E-state index is -0.130. The van der Waals surface area contributed by atoms with E-state index in [1.54, 1.807) is 7.11 Å². The van der Waals surface area contributed by atoms with Gasteiger partial charge in [-0.2, -0.15) is 0 Å². The van der Waals surface area contributed by atoms with Crippen molar-refractivity contribution < 1.29 is 14.3 Å². The van der Waals surface area contributed by atoms with E-state index >= 15 is 0 Å². The van der Waals surface area contributed by atoms with Crippen LogP contribution in [0.3, 0.4) is 0 Å². The molecule has 2 aliphatic rings. The number of ether oxygens (including phenoxy) is 2. The summed E-state index contributed by atoms with van der Waals surface area (Å²) < 4.78 is 10.7. The second kappa shape index (κ2) is 7.22. The van der Waals surface area contributed by atoms with Gasteiger partial charge in [0.05, 0.1) is 12.7 Å². The van der Waals surface area contributed by atoms with Gasteiger partial charge >= 0.3 is 5.97 Å². The Labute approximate surface area is 115 Å². The Kier molecular flexibility index (Phi) is 5.60. The van der Waals surface area contributed by atoms with Crippen LogP contribution in [0.2, 0.25) is 0 Å². The highest BCUT2D eigenvalue weighted by Crippen LogP contribution is 2.27. The molecule has 5 heteroatoms. The van der Waals surface area contributed by atoms with E-state index in [1.807, 2.05) is 6.92 Å². The van der Waals surface area contributed by atoms with Crippen LogP contribution in [0.1, 0.15) is 32.6 Å². The minimum absolute atomic E-state index is 0.0887. The third-order valence-electron chi connectivity index (χ3n) is 4.24. The highest BCUT2D eigenvalue weighted by molar-refractivity contribution is 5.76. The van der Waals surface area contributed by atoms with E-state index in [2.05, 4.69) is 10.2 Å². The van der Waals surface area contributed by atoms with Gasteiger partial charge in [-0.05, 0) is 32.6 Å². The first-order chi connectivity index (χ1) is 9.26. The quantitative estimate of drug-likeness (QED) is 0.765. The van der Waals surface area contributed by atoms with Crippen LogP contribution in [0.25, 0.3) is 0 Å². The Morgan fingerprint density at radius 3 is 3.00 bits per heavy atom. The fraction of sp³-hybridized carbons (Fsp3) is 0.929. The number of esters is 1. The highest BCUT2D eigenvalue weighted by atomic mass is 16.5. The van der Waals surface area contributed by atoms with E-state index in [1.165, 1.54) is 6.42 Å². The fourth-order valence-corrected chi connectivity index (χ4v) is 3.25. The van der Waals surface area contributed by atoms with E-state index in [4.69, 9.17) is 9.47 Å². The second-order valence-electron chi connectivity index (χ2n) is 5.39. The molecule has 3 atom stereocenters. The third kappa shape index (κ3) is 3.68. The predicted molar refractivity (Wildman–Crippen MR) is 73.0 cm³/mol. The Bertz CT molecular complexity index is 298. The normalized spacial score (nSPS) is 33.1. The summed E-state index contributed by atoms with van der Waals surface area (Å²) in [4.78, 5) is 14.4. The molecule has 0 aromatic heterocycles. The molecular weight excluding hydrogens is 244 g/mol. The lowest BCUT2D eigenvalue weighted by atomic mass is 9.90. The van der Waals surface area contributed by atoms with Crippen molar-refractivity contribution in [2.45, 2.75) is 50.8 Å². The van der Waals surface area contributed by atoms with Crippen molar-refractivity contribution in [3.63, 3.8) is 0 Å². The SMILES string of the molecule is CCOC(=O)C1CNCCN1C1CCCC(OC)C1. The zero-order valence-corrected chi connectivity index (χ0v) is 12.1. The number of hydrogen-bond acceptors (Lipinski definition) is 5. The molecule has 2 fully saturated rings. The first-order valence-corrected chi connectivity index (χ1v) is 7.42. The lowest BCUT2D eigenvalue weighted by Crippen LogP contribution is -2.59. The van der Waals surface area contributed by atoms with Crippen LogP contribution in [0.4, 0.5) is 0 Å². The van der Waals surface area contributed by atoms with Crippen molar-refractivity contribution >= 4 is 5.97 Å². The monoisotopic (exact) mass is 270 g/mol. The molecule has 5 nitrogen and oxygen atoms in total. The van der Waals surface area contributed by atoms with Crippen molar-refractivity contribution in [3.05, 3.63) is 0 Å². The largest absolute Gasteiger partial charge is 0.465 e. The van der Waals surface area contributed by atoms with Crippen LogP contribution in [0.15, 0.2) is 0 Å². The molecule has 0 aromatic rings. The lowest BCUT2D eigenvalue weighted by Gasteiger charge is -2.43. The third-order valence-corrected chi connectivity index (χ3v) is 4.24. The molecule has 0 bridgehead atoms. The van der Waals surface area contributed by atoms with Gasteiger partial charge in [-0.15, -0.1) is 0 Å². The van der Waals surface area contributed by atoms with E-state index in [9.17, 15) is 4.79 Å². The highest BCUT2D eigenvalue weighted by Gasteiger charge is 2.36. The molecule has 0 radical (unpaired) electrons. The Morgan fingerprint density at radius 1 is 1.42 bits per heavy atom. The number of piperazine rings is 1. The molecule has 110 valence electrons. The summed E-state index contributed by atoms with van der Waals surface area (Å²) in [5.74, 6) is -0.0887. The molecule has 3 unspecified atom stereocenters. The number of nitrogens with one attached hydrogen (secondary N) is 1. The van der Waals surface area contributed by atoms with Crippen molar-refractivity contribution in [2.24, 2.45) is 0 Å². The summed E-state index contributed by atoms with van der Waals surface area (Å²) >= 11 is 0. The van der Waals surface area contributed by atoms with Gasteiger partial charge in [-0.25, -0.2) is 0 Å². The number of hydrogen-bond donors (Lipinski definition) is 1. The lowest BCUT2D eigenvalue weighted by molar-refractivity contribution is -0.152. The van der Waals surface area contributed by atoms with E-state index in [-0.39, 0.29) is 12.0 Å². The fourth-order valence-electron chi connectivity index (χ4n) is 3.25. The predicted octanol–water partition coefficient (Wildman–Crippen LogP) is 0.781. The molecule has 1 aliphatic heterocycles. The summed E-state index contributed by atoms with van der Waals surface area (Å²) in [5, 5.41) is 3.29. The summed E-state index contributed by atoms with van der Waals surface area (Å²) in [6.07, 6.45) is 4.87. The molecule has 0 aromatic carbocycles. The Morgan fingerprint density at radius 2 is 2.26 bits per heavy atom. The standard InChI is InChI=1S/C14H26N2O3/c1-3-19-14(17)13-10-15-7-8-16(13)11-5-4-6-12(9-11)18-2/h11-13,15H,3-10H2,1-2H3. The summed E-state index contributed by atoms with van der Waals surface area (Å²) in [6, 6.07) is 0.324. The van der Waals surface area contributed by atoms with Crippen molar-refractivity contribution in [2.75, 3.05) is 33.4 Å². The topological polar surface area (TPSA) is 50.8 Å². The molecule has 2 rings (SSSR count). The zero-order chi connectivity index (χ0) is 13.7. The molecule has 0 spiro atoms. The van der Waals surface area contributed by atoms with Crippen LogP contribution in [0.5, 0.6) is 0 Å². The van der Waals surface area contributed by atoms with Crippen LogP contribution in [-0.2, 0) is 14.3 Å². The summed E-state index contributed by atoms with van der Waals surface area (Å²) in [6.45, 7) is 4.89. The first-order valence-electron chi connectivity index (χ1n) is 7.42. The molecule has 1 N–H and O–H groups in total. The molecule has 1 aliphatic carbocycles. The van der Waals surface area contributed by atoms with Crippen LogP contribution >= 0.6 is 0 Å². The van der Waals surface area contributed by atoms with Gasteiger partial charge in [0.1, 0.15) is 6.04 Å². The second-order valence-corrected chi connectivity index (χ2v) is 5.39. The number of nitrogens with zero attached hydrogens (tertiary/aromatic N) is 1. The molecule has 1 saturated heterocycles. The van der Waals surface area contributed by atoms with E-state index < -0.39 is 0 Å². The molecule has 0 amide bonds. The van der Waals surface area contributed by atoms with Gasteiger partial charge in [0, 0.05) is 32.8 Å². The van der Waals surface area contributed by atoms with E-state index in [0.29, 0.717) is 25.3 Å². The van der Waals surface area contributed by atoms with Crippen molar-refractivity contribution in [1.29, 1.82) is 0 Å². The first kappa shape index (κ1) is 14.8. The van der Waals surface area contributed by atoms with Crippen LogP contribution in [0, 0.1) is 0 Å². The average molecular weight is 270 g/mol. The van der Waals surface area contributed by atoms with Crippen LogP contribution < -0.4 is 5.32 Å². The molecule has 1 saturated carbocycles. The molecular formula is C14H26N2O3. The maximum atomic E-state index is 12.1. The molecule has 19 heavy (non-hydrogen) atoms. The van der Waals surface area contributed by atoms with Crippen LogP contribution in [-0.4, -0.2) is 62.4 Å². The summed E-state index contributed by atoms with van der Waals surface area (Å²) in [5.41, 5.74) is 0. The Balaban J connectivity index is 2.00. The maximum absolute atomic E-state index is 12.1. The summed E-state index contributed by atoms with van der Waals surface area (Å²) in [7, 11) is 1.79. The number of rotatable bonds is 4. The van der Waals surface area contributed by atoms with Crippen molar-refractivity contribution in [1.82, 2.24) is 10.2 Å². The number of carbonyl (C=O) groups excluding carboxylic acids is 1. The minimum Gasteiger partial charge on any atom is -0.465 e.